The van der Waals surface area contributed by atoms with E-state index in [0.717, 1.165) is 19.5 Å². The molecule has 1 rings (SSSR count). The number of hydrogen-bond acceptors (Lipinski definition) is 3. The number of hydrogen-bond donors (Lipinski definition) is 2. The van der Waals surface area contributed by atoms with Crippen LogP contribution in [0, 0.1) is 5.92 Å². The fraction of sp³-hybridized carbons (Fsp3) is 1.00. The van der Waals surface area contributed by atoms with Gasteiger partial charge in [0.25, 0.3) is 0 Å². The number of rotatable bonds is 9. The van der Waals surface area contributed by atoms with Gasteiger partial charge in [0.2, 0.25) is 10.0 Å². The predicted molar refractivity (Wildman–Crippen MR) is 71.5 cm³/mol. The van der Waals surface area contributed by atoms with Crippen LogP contribution in [0.4, 0.5) is 0 Å². The van der Waals surface area contributed by atoms with Gasteiger partial charge in [-0.25, -0.2) is 13.1 Å². The second-order valence-corrected chi connectivity index (χ2v) is 6.85. The fourth-order valence-corrected chi connectivity index (χ4v) is 3.38. The third-order valence-electron chi connectivity index (χ3n) is 3.26. The lowest BCUT2D eigenvalue weighted by Gasteiger charge is -2.11. The van der Waals surface area contributed by atoms with Gasteiger partial charge in [-0.1, -0.05) is 19.8 Å². The van der Waals surface area contributed by atoms with Crippen molar-refractivity contribution in [2.45, 2.75) is 45.4 Å². The summed E-state index contributed by atoms with van der Waals surface area (Å²) in [6.45, 7) is 4.51. The SMILES string of the molecule is CCCNCCCS(=O)(=O)NCC1CCCC1. The highest BCUT2D eigenvalue weighted by Gasteiger charge is 2.17. The van der Waals surface area contributed by atoms with Crippen molar-refractivity contribution < 1.29 is 8.42 Å². The Hall–Kier alpha value is -0.130. The Kier molecular flexibility index (Phi) is 7.08. The molecule has 1 aliphatic carbocycles. The molecule has 4 nitrogen and oxygen atoms in total. The van der Waals surface area contributed by atoms with Crippen LogP contribution in [-0.4, -0.2) is 33.8 Å². The third-order valence-corrected chi connectivity index (χ3v) is 4.69. The maximum atomic E-state index is 11.7. The first-order valence-electron chi connectivity index (χ1n) is 6.82. The highest BCUT2D eigenvalue weighted by atomic mass is 32.2. The Morgan fingerprint density at radius 3 is 2.53 bits per heavy atom. The van der Waals surface area contributed by atoms with Crippen LogP contribution in [0.2, 0.25) is 0 Å². The van der Waals surface area contributed by atoms with Crippen LogP contribution in [0.5, 0.6) is 0 Å². The highest BCUT2D eigenvalue weighted by molar-refractivity contribution is 7.89. The molecule has 0 radical (unpaired) electrons. The van der Waals surface area contributed by atoms with Crippen LogP contribution >= 0.6 is 0 Å². The Morgan fingerprint density at radius 2 is 1.88 bits per heavy atom. The summed E-state index contributed by atoms with van der Waals surface area (Å²) in [5, 5.41) is 3.21. The molecule has 5 heteroatoms. The number of sulfonamides is 1. The van der Waals surface area contributed by atoms with Crippen molar-refractivity contribution in [3.63, 3.8) is 0 Å². The Morgan fingerprint density at radius 1 is 1.18 bits per heavy atom. The predicted octanol–water partition coefficient (Wildman–Crippen LogP) is 1.49. The first-order chi connectivity index (χ1) is 8.14. The molecule has 0 aromatic heterocycles. The van der Waals surface area contributed by atoms with E-state index in [-0.39, 0.29) is 5.75 Å². The molecular formula is C12H26N2O2S. The molecule has 0 saturated heterocycles. The van der Waals surface area contributed by atoms with Gasteiger partial charge in [0.05, 0.1) is 5.75 Å². The molecule has 0 bridgehead atoms. The van der Waals surface area contributed by atoms with Crippen molar-refractivity contribution in [3.8, 4) is 0 Å². The van der Waals surface area contributed by atoms with Crippen molar-refractivity contribution in [2.24, 2.45) is 5.92 Å². The largest absolute Gasteiger partial charge is 0.317 e. The summed E-state index contributed by atoms with van der Waals surface area (Å²) in [4.78, 5) is 0. The molecule has 0 aromatic rings. The van der Waals surface area contributed by atoms with E-state index in [2.05, 4.69) is 17.0 Å². The zero-order valence-electron chi connectivity index (χ0n) is 10.9. The monoisotopic (exact) mass is 262 g/mol. The molecule has 0 aliphatic heterocycles. The van der Waals surface area contributed by atoms with E-state index in [1.165, 1.54) is 25.7 Å². The summed E-state index contributed by atoms with van der Waals surface area (Å²) in [6.07, 6.45) is 6.66. The van der Waals surface area contributed by atoms with E-state index in [0.29, 0.717) is 18.9 Å². The molecular weight excluding hydrogens is 236 g/mol. The molecule has 0 amide bonds. The lowest BCUT2D eigenvalue weighted by atomic mass is 10.1. The molecule has 17 heavy (non-hydrogen) atoms. The van der Waals surface area contributed by atoms with Crippen LogP contribution in [0.1, 0.15) is 45.4 Å². The first-order valence-corrected chi connectivity index (χ1v) is 8.47. The van der Waals surface area contributed by atoms with Gasteiger partial charge in [0, 0.05) is 6.54 Å². The molecule has 0 unspecified atom stereocenters. The standard InChI is InChI=1S/C12H26N2O2S/c1-2-8-13-9-5-10-17(15,16)14-11-12-6-3-4-7-12/h12-14H,2-11H2,1H3. The van der Waals surface area contributed by atoms with Crippen molar-refractivity contribution in [1.29, 1.82) is 0 Å². The van der Waals surface area contributed by atoms with Crippen LogP contribution in [0.15, 0.2) is 0 Å². The smallest absolute Gasteiger partial charge is 0.211 e. The van der Waals surface area contributed by atoms with Gasteiger partial charge < -0.3 is 5.32 Å². The van der Waals surface area contributed by atoms with Gasteiger partial charge in [0.15, 0.2) is 0 Å². The van der Waals surface area contributed by atoms with Crippen LogP contribution < -0.4 is 10.0 Å². The average Bonchev–Trinajstić information content (AvgIpc) is 2.79. The van der Waals surface area contributed by atoms with Crippen molar-refractivity contribution in [3.05, 3.63) is 0 Å². The Balaban J connectivity index is 2.08. The van der Waals surface area contributed by atoms with Crippen molar-refractivity contribution >= 4 is 10.0 Å². The Labute approximate surface area is 106 Å². The van der Waals surface area contributed by atoms with Gasteiger partial charge in [-0.15, -0.1) is 0 Å². The van der Waals surface area contributed by atoms with Crippen molar-refractivity contribution in [1.82, 2.24) is 10.0 Å². The maximum Gasteiger partial charge on any atom is 0.211 e. The minimum absolute atomic E-state index is 0.246. The normalized spacial score (nSPS) is 17.7. The van der Waals surface area contributed by atoms with Gasteiger partial charge in [-0.2, -0.15) is 0 Å². The highest BCUT2D eigenvalue weighted by Crippen LogP contribution is 2.23. The summed E-state index contributed by atoms with van der Waals surface area (Å²) >= 11 is 0. The van der Waals surface area contributed by atoms with Gasteiger partial charge in [-0.05, 0) is 44.7 Å². The second kappa shape index (κ2) is 8.06. The molecule has 2 N–H and O–H groups in total. The molecule has 0 spiro atoms. The van der Waals surface area contributed by atoms with E-state index >= 15 is 0 Å². The zero-order valence-corrected chi connectivity index (χ0v) is 11.7. The molecule has 102 valence electrons. The van der Waals surface area contributed by atoms with Crippen molar-refractivity contribution in [2.75, 3.05) is 25.4 Å². The molecule has 1 aliphatic rings. The first kappa shape index (κ1) is 14.9. The third kappa shape index (κ3) is 7.01. The van der Waals surface area contributed by atoms with E-state index in [4.69, 9.17) is 0 Å². The number of nitrogens with one attached hydrogen (secondary N) is 2. The summed E-state index contributed by atoms with van der Waals surface area (Å²) < 4.78 is 26.1. The lowest BCUT2D eigenvalue weighted by molar-refractivity contribution is 0.518. The van der Waals surface area contributed by atoms with Gasteiger partial charge in [-0.3, -0.25) is 0 Å². The molecule has 0 atom stereocenters. The minimum Gasteiger partial charge on any atom is -0.317 e. The lowest BCUT2D eigenvalue weighted by Crippen LogP contribution is -2.31. The van der Waals surface area contributed by atoms with E-state index in [1.807, 2.05) is 0 Å². The van der Waals surface area contributed by atoms with E-state index in [1.54, 1.807) is 0 Å². The molecule has 0 aromatic carbocycles. The zero-order chi connectivity index (χ0) is 12.6. The minimum atomic E-state index is -3.05. The summed E-state index contributed by atoms with van der Waals surface area (Å²) in [6, 6.07) is 0. The second-order valence-electron chi connectivity index (χ2n) is 4.92. The summed E-state index contributed by atoms with van der Waals surface area (Å²) in [5.41, 5.74) is 0. The maximum absolute atomic E-state index is 11.7. The fourth-order valence-electron chi connectivity index (χ4n) is 2.22. The quantitative estimate of drug-likeness (QED) is 0.619. The van der Waals surface area contributed by atoms with Crippen LogP contribution in [-0.2, 0) is 10.0 Å². The van der Waals surface area contributed by atoms with Crippen LogP contribution in [0.3, 0.4) is 0 Å². The van der Waals surface area contributed by atoms with Crippen LogP contribution in [0.25, 0.3) is 0 Å². The molecule has 1 fully saturated rings. The molecule has 0 heterocycles. The molecule has 1 saturated carbocycles. The summed E-state index contributed by atoms with van der Waals surface area (Å²) in [5.74, 6) is 0.819. The average molecular weight is 262 g/mol. The van der Waals surface area contributed by atoms with Gasteiger partial charge >= 0.3 is 0 Å². The van der Waals surface area contributed by atoms with Gasteiger partial charge in [0.1, 0.15) is 0 Å². The Bertz CT molecular complexity index is 285. The summed E-state index contributed by atoms with van der Waals surface area (Å²) in [7, 11) is -3.05. The topological polar surface area (TPSA) is 58.2 Å². The van der Waals surface area contributed by atoms with E-state index in [9.17, 15) is 8.42 Å². The van der Waals surface area contributed by atoms with E-state index < -0.39 is 10.0 Å².